The Kier molecular flexibility index (Phi) is 7.22. The fourth-order valence-electron chi connectivity index (χ4n) is 3.73. The van der Waals surface area contributed by atoms with Crippen LogP contribution in [0.2, 0.25) is 0 Å². The van der Waals surface area contributed by atoms with E-state index in [2.05, 4.69) is 39.8 Å². The van der Waals surface area contributed by atoms with Crippen molar-refractivity contribution < 1.29 is 9.59 Å². The molecule has 1 N–H and O–H groups in total. The Morgan fingerprint density at radius 3 is 2.81 bits per heavy atom. The molecule has 6 nitrogen and oxygen atoms in total. The van der Waals surface area contributed by atoms with E-state index in [1.807, 2.05) is 38.1 Å². The number of carbonyl (C=O) groups excluding carboxylic acids is 2. The van der Waals surface area contributed by atoms with Crippen LogP contribution in [0.1, 0.15) is 29.5 Å². The van der Waals surface area contributed by atoms with E-state index in [4.69, 9.17) is 0 Å². The highest BCUT2D eigenvalue weighted by molar-refractivity contribution is 8.01. The van der Waals surface area contributed by atoms with Gasteiger partial charge in [-0.1, -0.05) is 65.6 Å². The van der Waals surface area contributed by atoms with Gasteiger partial charge in [-0.25, -0.2) is 0 Å². The first-order valence-electron chi connectivity index (χ1n) is 10.7. The second-order valence-electron chi connectivity index (χ2n) is 8.00. The fraction of sp³-hybridized carbons (Fsp3) is 0.333. The van der Waals surface area contributed by atoms with E-state index in [0.717, 1.165) is 39.7 Å². The zero-order chi connectivity index (χ0) is 22.5. The van der Waals surface area contributed by atoms with Crippen LogP contribution in [0, 0.1) is 19.8 Å². The molecule has 3 aromatic rings. The number of carbonyl (C=O) groups is 2. The lowest BCUT2D eigenvalue weighted by molar-refractivity contribution is -0.122. The Bertz CT molecular complexity index is 1100. The molecule has 4 rings (SSSR count). The lowest BCUT2D eigenvalue weighted by Crippen LogP contribution is -2.28. The van der Waals surface area contributed by atoms with Gasteiger partial charge in [-0.3, -0.25) is 9.59 Å². The summed E-state index contributed by atoms with van der Waals surface area (Å²) in [6, 6.07) is 16.4. The number of rotatable bonds is 8. The molecule has 166 valence electrons. The molecule has 0 saturated carbocycles. The fourth-order valence-corrected chi connectivity index (χ4v) is 5.50. The van der Waals surface area contributed by atoms with Gasteiger partial charge in [0, 0.05) is 24.4 Å². The van der Waals surface area contributed by atoms with Crippen LogP contribution >= 0.6 is 23.1 Å². The van der Waals surface area contributed by atoms with E-state index in [0.29, 0.717) is 11.7 Å². The number of thioether (sulfide) groups is 1. The molecule has 1 aliphatic heterocycles. The molecule has 1 fully saturated rings. The van der Waals surface area contributed by atoms with E-state index in [9.17, 15) is 9.59 Å². The molecular weight excluding hydrogens is 440 g/mol. The first kappa shape index (κ1) is 22.5. The van der Waals surface area contributed by atoms with E-state index in [1.165, 1.54) is 16.9 Å². The average molecular weight is 467 g/mol. The minimum absolute atomic E-state index is 0.0224. The largest absolute Gasteiger partial charge is 0.311 e. The normalized spacial score (nSPS) is 15.9. The predicted octanol–water partition coefficient (Wildman–Crippen LogP) is 4.87. The smallest absolute Gasteiger partial charge is 0.231 e. The summed E-state index contributed by atoms with van der Waals surface area (Å²) in [5.41, 5.74) is 4.34. The van der Waals surface area contributed by atoms with Gasteiger partial charge >= 0.3 is 0 Å². The molecule has 0 radical (unpaired) electrons. The monoisotopic (exact) mass is 466 g/mol. The topological polar surface area (TPSA) is 75.2 Å². The zero-order valence-corrected chi connectivity index (χ0v) is 19.8. The van der Waals surface area contributed by atoms with Gasteiger partial charge < -0.3 is 10.2 Å². The van der Waals surface area contributed by atoms with Crippen molar-refractivity contribution in [1.82, 2.24) is 10.2 Å². The quantitative estimate of drug-likeness (QED) is 0.291. The first-order valence-corrected chi connectivity index (χ1v) is 12.5. The maximum Gasteiger partial charge on any atom is 0.231 e. The van der Waals surface area contributed by atoms with Crippen LogP contribution in [-0.2, 0) is 16.0 Å². The minimum atomic E-state index is -0.395. The average Bonchev–Trinajstić information content (AvgIpc) is 3.40. The molecule has 0 aliphatic carbocycles. The van der Waals surface area contributed by atoms with Crippen LogP contribution in [-0.4, -0.2) is 34.3 Å². The van der Waals surface area contributed by atoms with Crippen molar-refractivity contribution in [2.75, 3.05) is 22.5 Å². The molecule has 1 aliphatic rings. The summed E-state index contributed by atoms with van der Waals surface area (Å²) in [6.07, 6.45) is 2.29. The molecule has 1 aromatic heterocycles. The van der Waals surface area contributed by atoms with Gasteiger partial charge in [-0.05, 0) is 49.4 Å². The number of aryl methyl sites for hydroxylation is 3. The number of benzene rings is 2. The third kappa shape index (κ3) is 5.55. The van der Waals surface area contributed by atoms with E-state index >= 15 is 0 Å². The third-order valence-electron chi connectivity index (χ3n) is 5.47. The number of hydrogen-bond donors (Lipinski definition) is 1. The van der Waals surface area contributed by atoms with E-state index < -0.39 is 5.92 Å². The third-order valence-corrected chi connectivity index (χ3v) is 7.52. The highest BCUT2D eigenvalue weighted by Crippen LogP contribution is 2.31. The van der Waals surface area contributed by atoms with Crippen molar-refractivity contribution in [3.05, 3.63) is 65.2 Å². The summed E-state index contributed by atoms with van der Waals surface area (Å²) in [4.78, 5) is 27.1. The van der Waals surface area contributed by atoms with Gasteiger partial charge in [0.05, 0.1) is 5.92 Å². The summed E-state index contributed by atoms with van der Waals surface area (Å²) in [7, 11) is 0. The predicted molar refractivity (Wildman–Crippen MR) is 130 cm³/mol. The van der Waals surface area contributed by atoms with Gasteiger partial charge in [0.1, 0.15) is 0 Å². The standard InChI is InChI=1S/C24H26N4O2S2/c1-16-10-11-17(2)20(13-16)28-15-19(14-21(28)29)22(30)25-23-26-27-24(32-23)31-12-6-9-18-7-4-3-5-8-18/h3-5,7-8,10-11,13,19H,6,9,12,14-15H2,1-2H3,(H,25,26,30). The number of anilines is 2. The van der Waals surface area contributed by atoms with Crippen molar-refractivity contribution in [3.8, 4) is 0 Å². The molecule has 32 heavy (non-hydrogen) atoms. The Balaban J connectivity index is 1.27. The van der Waals surface area contributed by atoms with Crippen molar-refractivity contribution in [2.45, 2.75) is 37.4 Å². The van der Waals surface area contributed by atoms with Crippen molar-refractivity contribution >= 4 is 45.7 Å². The van der Waals surface area contributed by atoms with Crippen LogP contribution in [0.3, 0.4) is 0 Å². The van der Waals surface area contributed by atoms with E-state index in [-0.39, 0.29) is 18.2 Å². The highest BCUT2D eigenvalue weighted by Gasteiger charge is 2.36. The minimum Gasteiger partial charge on any atom is -0.311 e. The van der Waals surface area contributed by atoms with Crippen LogP contribution in [0.15, 0.2) is 52.9 Å². The second-order valence-corrected chi connectivity index (χ2v) is 10.3. The van der Waals surface area contributed by atoms with Crippen LogP contribution < -0.4 is 10.2 Å². The molecular formula is C24H26N4O2S2. The SMILES string of the molecule is Cc1ccc(C)c(N2CC(C(=O)Nc3nnc(SCCCc4ccccc4)s3)CC2=O)c1. The van der Waals surface area contributed by atoms with Crippen LogP contribution in [0.4, 0.5) is 10.8 Å². The van der Waals surface area contributed by atoms with Crippen molar-refractivity contribution in [2.24, 2.45) is 5.92 Å². The van der Waals surface area contributed by atoms with E-state index in [1.54, 1.807) is 16.7 Å². The summed E-state index contributed by atoms with van der Waals surface area (Å²) >= 11 is 3.03. The molecule has 2 heterocycles. The maximum absolute atomic E-state index is 12.8. The summed E-state index contributed by atoms with van der Waals surface area (Å²) in [6.45, 7) is 4.37. The second kappa shape index (κ2) is 10.3. The molecule has 0 spiro atoms. The summed E-state index contributed by atoms with van der Waals surface area (Å²) in [5.74, 6) is 0.348. The summed E-state index contributed by atoms with van der Waals surface area (Å²) < 4.78 is 0.841. The van der Waals surface area contributed by atoms with Crippen LogP contribution in [0.5, 0.6) is 0 Å². The lowest BCUT2D eigenvalue weighted by atomic mass is 10.1. The van der Waals surface area contributed by atoms with Crippen LogP contribution in [0.25, 0.3) is 0 Å². The van der Waals surface area contributed by atoms with Gasteiger partial charge in [-0.2, -0.15) is 0 Å². The van der Waals surface area contributed by atoms with Gasteiger partial charge in [0.2, 0.25) is 16.9 Å². The molecule has 1 unspecified atom stereocenters. The Hall–Kier alpha value is -2.71. The zero-order valence-electron chi connectivity index (χ0n) is 18.2. The lowest BCUT2D eigenvalue weighted by Gasteiger charge is -2.19. The maximum atomic E-state index is 12.8. The number of nitrogens with zero attached hydrogens (tertiary/aromatic N) is 3. The van der Waals surface area contributed by atoms with Gasteiger partial charge in [0.15, 0.2) is 4.34 Å². The summed E-state index contributed by atoms with van der Waals surface area (Å²) in [5, 5.41) is 11.6. The molecule has 1 saturated heterocycles. The highest BCUT2D eigenvalue weighted by atomic mass is 32.2. The number of aromatic nitrogens is 2. The molecule has 1 atom stereocenters. The molecule has 2 aromatic carbocycles. The Morgan fingerprint density at radius 1 is 1.19 bits per heavy atom. The Morgan fingerprint density at radius 2 is 2.00 bits per heavy atom. The van der Waals surface area contributed by atoms with Gasteiger partial charge in [-0.15, -0.1) is 10.2 Å². The van der Waals surface area contributed by atoms with Crippen molar-refractivity contribution in [3.63, 3.8) is 0 Å². The molecule has 2 amide bonds. The number of nitrogens with one attached hydrogen (secondary N) is 1. The number of amides is 2. The molecule has 0 bridgehead atoms. The Labute approximate surface area is 196 Å². The first-order chi connectivity index (χ1) is 15.5. The number of hydrogen-bond acceptors (Lipinski definition) is 6. The van der Waals surface area contributed by atoms with Gasteiger partial charge in [0.25, 0.3) is 0 Å². The van der Waals surface area contributed by atoms with Crippen molar-refractivity contribution in [1.29, 1.82) is 0 Å². The molecule has 8 heteroatoms.